The normalized spacial score (nSPS) is 27.4. The van der Waals surface area contributed by atoms with E-state index in [1.165, 1.54) is 0 Å². The molecular formula is C27H27F8NO5S2. The maximum atomic E-state index is 14.9. The summed E-state index contributed by atoms with van der Waals surface area (Å²) in [4.78, 5) is -0.343. The fraction of sp³-hybridized carbons (Fsp3) is 0.556. The first kappa shape index (κ1) is 32.1. The van der Waals surface area contributed by atoms with E-state index in [9.17, 15) is 57.1 Å². The van der Waals surface area contributed by atoms with Gasteiger partial charge in [-0.25, -0.2) is 25.6 Å². The number of benzene rings is 2. The molecule has 2 N–H and O–H groups in total. The first-order chi connectivity index (χ1) is 19.7. The zero-order valence-electron chi connectivity index (χ0n) is 22.3. The monoisotopic (exact) mass is 661 g/mol. The molecule has 0 radical (unpaired) electrons. The summed E-state index contributed by atoms with van der Waals surface area (Å²) in [5, 5.41) is 14.1. The van der Waals surface area contributed by atoms with Gasteiger partial charge in [-0.15, -0.1) is 0 Å². The highest BCUT2D eigenvalue weighted by atomic mass is 32.2. The summed E-state index contributed by atoms with van der Waals surface area (Å²) in [5.41, 5.74) is -9.42. The fourth-order valence-electron chi connectivity index (χ4n) is 6.92. The third-order valence-electron chi connectivity index (χ3n) is 9.09. The Morgan fingerprint density at radius 1 is 0.860 bits per heavy atom. The van der Waals surface area contributed by atoms with Crippen molar-refractivity contribution in [3.63, 3.8) is 0 Å². The highest BCUT2D eigenvalue weighted by molar-refractivity contribution is 7.92. The molecule has 1 saturated heterocycles. The van der Waals surface area contributed by atoms with Crippen LogP contribution in [-0.4, -0.2) is 57.6 Å². The van der Waals surface area contributed by atoms with Gasteiger partial charge in [0.15, 0.2) is 19.7 Å². The lowest BCUT2D eigenvalue weighted by Gasteiger charge is -2.44. The standard InChI is InChI=1S/C27H27F8NO5S2/c28-18-3-5-19(6-4-18)43(40,41)24-10-9-22(36-23(37)11-13-42(38,39)14-12-23)21(24)7-1-16-15-17(2-8-20(16)24)25(29,26(30,31)32)27(33,34)35/h2-6,8,15,21-22,36-37H,1,7,9-14H2/t21-,22+,24+/m0/s1. The van der Waals surface area contributed by atoms with E-state index in [2.05, 4.69) is 5.32 Å². The second-order valence-corrected chi connectivity index (χ2v) is 16.0. The average molecular weight is 662 g/mol. The number of sulfone groups is 2. The van der Waals surface area contributed by atoms with Crippen molar-refractivity contribution in [1.29, 1.82) is 0 Å². The van der Waals surface area contributed by atoms with Gasteiger partial charge in [-0.05, 0) is 67.0 Å². The van der Waals surface area contributed by atoms with Crippen LogP contribution >= 0.6 is 0 Å². The smallest absolute Gasteiger partial charge is 0.376 e. The SMILES string of the molecule is O=S1(=O)CCC(O)(N[C@@H]2CC[C@@]3(S(=O)(=O)c4ccc(F)cc4)c4ccc(C(F)(C(F)(F)F)C(F)(F)F)cc4CC[C@@H]23)CC1. The van der Waals surface area contributed by atoms with Crippen LogP contribution in [-0.2, 0) is 36.5 Å². The number of hydrogen-bond acceptors (Lipinski definition) is 6. The third-order valence-corrected chi connectivity index (χ3v) is 13.3. The molecule has 2 aliphatic carbocycles. The molecule has 2 aromatic rings. The van der Waals surface area contributed by atoms with E-state index in [-0.39, 0.29) is 66.1 Å². The highest BCUT2D eigenvalue weighted by Gasteiger charge is 2.74. The molecule has 3 aliphatic rings. The Hall–Kier alpha value is -2.30. The molecule has 2 fully saturated rings. The van der Waals surface area contributed by atoms with Crippen molar-refractivity contribution in [2.75, 3.05) is 11.5 Å². The summed E-state index contributed by atoms with van der Waals surface area (Å²) in [6.07, 6.45) is -13.5. The van der Waals surface area contributed by atoms with Crippen molar-refractivity contribution in [3.8, 4) is 0 Å². The average Bonchev–Trinajstić information content (AvgIpc) is 3.28. The number of aryl methyl sites for hydroxylation is 1. The van der Waals surface area contributed by atoms with Gasteiger partial charge in [-0.3, -0.25) is 5.32 Å². The predicted molar refractivity (Wildman–Crippen MR) is 137 cm³/mol. The van der Waals surface area contributed by atoms with Gasteiger partial charge in [0.05, 0.1) is 16.4 Å². The zero-order valence-corrected chi connectivity index (χ0v) is 23.9. The minimum absolute atomic E-state index is 0.0828. The Balaban J connectivity index is 1.64. The number of rotatable bonds is 5. The summed E-state index contributed by atoms with van der Waals surface area (Å²) in [6, 6.07) is 4.53. The molecular weight excluding hydrogens is 634 g/mol. The van der Waals surface area contributed by atoms with Crippen LogP contribution in [0.25, 0.3) is 0 Å². The zero-order chi connectivity index (χ0) is 31.9. The third kappa shape index (κ3) is 5.05. The molecule has 6 nitrogen and oxygen atoms in total. The molecule has 43 heavy (non-hydrogen) atoms. The molecule has 1 aliphatic heterocycles. The number of aliphatic hydroxyl groups is 1. The van der Waals surface area contributed by atoms with Crippen molar-refractivity contribution in [2.45, 2.75) is 78.0 Å². The number of fused-ring (bicyclic) bond motifs is 3. The molecule has 3 atom stereocenters. The lowest BCUT2D eigenvalue weighted by molar-refractivity contribution is -0.348. The van der Waals surface area contributed by atoms with Crippen molar-refractivity contribution < 1.29 is 57.1 Å². The van der Waals surface area contributed by atoms with E-state index in [1.54, 1.807) is 0 Å². The van der Waals surface area contributed by atoms with E-state index >= 15 is 0 Å². The van der Waals surface area contributed by atoms with Crippen molar-refractivity contribution in [3.05, 3.63) is 65.0 Å². The lowest BCUT2D eigenvalue weighted by atomic mass is 9.73. The van der Waals surface area contributed by atoms with Crippen LogP contribution in [0.4, 0.5) is 35.1 Å². The Morgan fingerprint density at radius 3 is 2.00 bits per heavy atom. The van der Waals surface area contributed by atoms with Crippen molar-refractivity contribution in [2.24, 2.45) is 5.92 Å². The van der Waals surface area contributed by atoms with Gasteiger partial charge < -0.3 is 5.11 Å². The summed E-state index contributed by atoms with van der Waals surface area (Å²) in [7, 11) is -7.91. The quantitative estimate of drug-likeness (QED) is 0.266. The molecule has 1 saturated carbocycles. The van der Waals surface area contributed by atoms with Gasteiger partial charge in [-0.1, -0.05) is 18.2 Å². The van der Waals surface area contributed by atoms with Gasteiger partial charge in [0.1, 0.15) is 16.3 Å². The highest BCUT2D eigenvalue weighted by Crippen LogP contribution is 2.59. The number of halogens is 8. The van der Waals surface area contributed by atoms with Crippen LogP contribution in [0.5, 0.6) is 0 Å². The van der Waals surface area contributed by atoms with E-state index in [4.69, 9.17) is 0 Å². The number of alkyl halides is 7. The Bertz CT molecular complexity index is 1600. The first-order valence-corrected chi connectivity index (χ1v) is 16.6. The van der Waals surface area contributed by atoms with Crippen molar-refractivity contribution in [1.82, 2.24) is 5.32 Å². The van der Waals surface area contributed by atoms with Crippen LogP contribution in [0.3, 0.4) is 0 Å². The molecule has 2 aromatic carbocycles. The predicted octanol–water partition coefficient (Wildman–Crippen LogP) is 5.00. The Labute approximate surface area is 242 Å². The summed E-state index contributed by atoms with van der Waals surface area (Å²) in [6.45, 7) is 0. The van der Waals surface area contributed by atoms with E-state index < -0.39 is 71.5 Å². The molecule has 1 heterocycles. The van der Waals surface area contributed by atoms with Gasteiger partial charge >= 0.3 is 18.0 Å². The van der Waals surface area contributed by atoms with Crippen LogP contribution in [0, 0.1) is 11.7 Å². The van der Waals surface area contributed by atoms with E-state index in [0.29, 0.717) is 12.1 Å². The molecule has 16 heteroatoms. The van der Waals surface area contributed by atoms with Gasteiger partial charge in [0.25, 0.3) is 0 Å². The number of hydrogen-bond donors (Lipinski definition) is 2. The maximum absolute atomic E-state index is 14.9. The summed E-state index contributed by atoms with van der Waals surface area (Å²) >= 11 is 0. The molecule has 0 spiro atoms. The number of nitrogens with one attached hydrogen (secondary N) is 1. The van der Waals surface area contributed by atoms with E-state index in [0.717, 1.165) is 30.3 Å². The second-order valence-electron chi connectivity index (χ2n) is 11.5. The first-order valence-electron chi connectivity index (χ1n) is 13.3. The van der Waals surface area contributed by atoms with Gasteiger partial charge in [-0.2, -0.15) is 26.3 Å². The minimum Gasteiger partial charge on any atom is -0.376 e. The molecule has 0 amide bonds. The Morgan fingerprint density at radius 2 is 1.44 bits per heavy atom. The molecule has 238 valence electrons. The van der Waals surface area contributed by atoms with Crippen LogP contribution in [0.2, 0.25) is 0 Å². The maximum Gasteiger partial charge on any atom is 0.435 e. The topological polar surface area (TPSA) is 101 Å². The van der Waals surface area contributed by atoms with Crippen LogP contribution in [0.15, 0.2) is 47.4 Å². The second kappa shape index (κ2) is 10.1. The van der Waals surface area contributed by atoms with Crippen LogP contribution in [0.1, 0.15) is 48.8 Å². The molecule has 5 rings (SSSR count). The fourth-order valence-corrected chi connectivity index (χ4v) is 10.9. The molecule has 0 bridgehead atoms. The van der Waals surface area contributed by atoms with Gasteiger partial charge in [0, 0.05) is 24.4 Å². The summed E-state index contributed by atoms with van der Waals surface area (Å²) in [5.74, 6) is -2.27. The lowest BCUT2D eigenvalue weighted by Crippen LogP contribution is -2.57. The molecule has 0 aromatic heterocycles. The van der Waals surface area contributed by atoms with Gasteiger partial charge in [0.2, 0.25) is 0 Å². The van der Waals surface area contributed by atoms with Crippen LogP contribution < -0.4 is 5.32 Å². The Kier molecular flexibility index (Phi) is 7.55. The largest absolute Gasteiger partial charge is 0.435 e. The van der Waals surface area contributed by atoms with Crippen molar-refractivity contribution >= 4 is 19.7 Å². The molecule has 0 unspecified atom stereocenters. The summed E-state index contributed by atoms with van der Waals surface area (Å²) < 4.78 is 160. The van der Waals surface area contributed by atoms with E-state index in [1.807, 2.05) is 0 Å². The minimum atomic E-state index is -6.36.